The van der Waals surface area contributed by atoms with Gasteiger partial charge in [0.1, 0.15) is 0 Å². The van der Waals surface area contributed by atoms with Crippen molar-refractivity contribution >= 4 is 21.1 Å². The summed E-state index contributed by atoms with van der Waals surface area (Å²) in [5.41, 5.74) is 3.31. The number of hydrogen-bond donors (Lipinski definition) is 1. The van der Waals surface area contributed by atoms with Gasteiger partial charge in [-0.3, -0.25) is 5.10 Å². The summed E-state index contributed by atoms with van der Waals surface area (Å²) >= 11 is 0. The Bertz CT molecular complexity index is 1240. The standard InChI is InChI=1S/C22H22N4O2S/c27-29(28,19-9-5-2-6-10-19)26-15-21(18-13-24-25-14-18)20-11-17(12-23-22(20)26)16-7-3-1-4-8-16/h2,5-6,9-16H,1,3-4,7-8H2,(H,24,25). The summed E-state index contributed by atoms with van der Waals surface area (Å²) in [6.07, 6.45) is 13.1. The zero-order chi connectivity index (χ0) is 19.8. The summed E-state index contributed by atoms with van der Waals surface area (Å²) in [5.74, 6) is 0.493. The smallest absolute Gasteiger partial charge is 0.269 e. The molecule has 7 heteroatoms. The van der Waals surface area contributed by atoms with Gasteiger partial charge in [-0.1, -0.05) is 37.5 Å². The quantitative estimate of drug-likeness (QED) is 0.532. The van der Waals surface area contributed by atoms with Crippen LogP contribution in [0.15, 0.2) is 66.1 Å². The van der Waals surface area contributed by atoms with Crippen molar-refractivity contribution in [3.05, 3.63) is 66.7 Å². The van der Waals surface area contributed by atoms with Crippen LogP contribution in [0.25, 0.3) is 22.2 Å². The molecule has 0 atom stereocenters. The van der Waals surface area contributed by atoms with E-state index >= 15 is 0 Å². The highest BCUT2D eigenvalue weighted by molar-refractivity contribution is 7.90. The van der Waals surface area contributed by atoms with Gasteiger partial charge in [0.05, 0.1) is 11.1 Å². The van der Waals surface area contributed by atoms with Gasteiger partial charge in [-0.25, -0.2) is 17.4 Å². The highest BCUT2D eigenvalue weighted by atomic mass is 32.2. The van der Waals surface area contributed by atoms with Crippen LogP contribution in [-0.4, -0.2) is 27.6 Å². The third kappa shape index (κ3) is 3.15. The first kappa shape index (κ1) is 18.1. The maximum absolute atomic E-state index is 13.3. The van der Waals surface area contributed by atoms with E-state index in [1.807, 2.05) is 6.20 Å². The molecule has 5 rings (SSSR count). The number of H-pyrrole nitrogens is 1. The molecule has 148 valence electrons. The Balaban J connectivity index is 1.71. The van der Waals surface area contributed by atoms with E-state index in [0.717, 1.165) is 29.4 Å². The van der Waals surface area contributed by atoms with E-state index in [1.165, 1.54) is 28.8 Å². The number of benzene rings is 1. The minimum Gasteiger partial charge on any atom is -0.285 e. The van der Waals surface area contributed by atoms with Crippen LogP contribution in [-0.2, 0) is 10.0 Å². The van der Waals surface area contributed by atoms with Crippen molar-refractivity contribution in [1.29, 1.82) is 0 Å². The molecule has 0 amide bonds. The molecule has 1 fully saturated rings. The zero-order valence-electron chi connectivity index (χ0n) is 16.0. The minimum absolute atomic E-state index is 0.244. The Morgan fingerprint density at radius 3 is 2.55 bits per heavy atom. The second kappa shape index (κ2) is 7.15. The predicted octanol–water partition coefficient (Wildman–Crippen LogP) is 4.71. The first-order valence-electron chi connectivity index (χ1n) is 9.95. The first-order chi connectivity index (χ1) is 14.1. The largest absolute Gasteiger partial charge is 0.285 e. The Morgan fingerprint density at radius 1 is 1.03 bits per heavy atom. The number of pyridine rings is 1. The summed E-state index contributed by atoms with van der Waals surface area (Å²) in [5, 5.41) is 7.71. The molecule has 6 nitrogen and oxygen atoms in total. The predicted molar refractivity (Wildman–Crippen MR) is 112 cm³/mol. The van der Waals surface area contributed by atoms with Crippen LogP contribution in [0.1, 0.15) is 43.6 Å². The number of nitrogens with zero attached hydrogens (tertiary/aromatic N) is 3. The molecule has 0 spiro atoms. The Kier molecular flexibility index (Phi) is 4.47. The SMILES string of the molecule is O=S(=O)(c1ccccc1)n1cc(-c2cn[nH]c2)c2cc(C3CCCCC3)cnc21. The molecular weight excluding hydrogens is 384 g/mol. The Hall–Kier alpha value is -2.93. The van der Waals surface area contributed by atoms with Crippen molar-refractivity contribution in [2.45, 2.75) is 42.9 Å². The molecule has 1 aliphatic carbocycles. The molecule has 0 unspecified atom stereocenters. The van der Waals surface area contributed by atoms with Gasteiger partial charge in [0, 0.05) is 35.1 Å². The monoisotopic (exact) mass is 406 g/mol. The lowest BCUT2D eigenvalue weighted by molar-refractivity contribution is 0.443. The van der Waals surface area contributed by atoms with E-state index in [9.17, 15) is 8.42 Å². The number of hydrogen-bond acceptors (Lipinski definition) is 4. The molecule has 29 heavy (non-hydrogen) atoms. The summed E-state index contributed by atoms with van der Waals surface area (Å²) in [6.45, 7) is 0. The summed E-state index contributed by atoms with van der Waals surface area (Å²) < 4.78 is 27.9. The highest BCUT2D eigenvalue weighted by Crippen LogP contribution is 2.37. The van der Waals surface area contributed by atoms with Crippen LogP contribution in [0.3, 0.4) is 0 Å². The van der Waals surface area contributed by atoms with E-state index in [1.54, 1.807) is 48.9 Å². The summed E-state index contributed by atoms with van der Waals surface area (Å²) in [6, 6.07) is 10.6. The molecule has 0 bridgehead atoms. The van der Waals surface area contributed by atoms with Gasteiger partial charge in [-0.15, -0.1) is 0 Å². The van der Waals surface area contributed by atoms with E-state index in [4.69, 9.17) is 0 Å². The molecule has 1 aliphatic rings. The van der Waals surface area contributed by atoms with Gasteiger partial charge in [0.2, 0.25) is 0 Å². The number of nitrogens with one attached hydrogen (secondary N) is 1. The van der Waals surface area contributed by atoms with Crippen molar-refractivity contribution in [2.24, 2.45) is 0 Å². The lowest BCUT2D eigenvalue weighted by atomic mass is 9.84. The lowest BCUT2D eigenvalue weighted by Gasteiger charge is -2.21. The van der Waals surface area contributed by atoms with Crippen molar-refractivity contribution in [3.8, 4) is 11.1 Å². The van der Waals surface area contributed by atoms with Gasteiger partial charge in [0.25, 0.3) is 10.0 Å². The average molecular weight is 407 g/mol. The van der Waals surface area contributed by atoms with E-state index in [-0.39, 0.29) is 4.90 Å². The van der Waals surface area contributed by atoms with Crippen LogP contribution < -0.4 is 0 Å². The van der Waals surface area contributed by atoms with Gasteiger partial charge < -0.3 is 0 Å². The molecule has 3 aromatic heterocycles. The fourth-order valence-electron chi connectivity index (χ4n) is 4.27. The van der Waals surface area contributed by atoms with Crippen LogP contribution in [0.5, 0.6) is 0 Å². The van der Waals surface area contributed by atoms with Crippen LogP contribution in [0, 0.1) is 0 Å². The number of fused-ring (bicyclic) bond motifs is 1. The molecule has 3 heterocycles. The second-order valence-electron chi connectivity index (χ2n) is 7.62. The molecule has 1 N–H and O–H groups in total. The summed E-state index contributed by atoms with van der Waals surface area (Å²) in [4.78, 5) is 4.88. The first-order valence-corrected chi connectivity index (χ1v) is 11.4. The molecule has 1 aromatic carbocycles. The molecule has 0 saturated heterocycles. The maximum atomic E-state index is 13.3. The van der Waals surface area contributed by atoms with Gasteiger partial charge in [-0.05, 0) is 42.5 Å². The van der Waals surface area contributed by atoms with Crippen molar-refractivity contribution in [2.75, 3.05) is 0 Å². The molecule has 0 radical (unpaired) electrons. The Labute approximate surface area is 169 Å². The van der Waals surface area contributed by atoms with Crippen LogP contribution in [0.4, 0.5) is 0 Å². The van der Waals surface area contributed by atoms with Gasteiger partial charge in [-0.2, -0.15) is 5.10 Å². The normalized spacial score (nSPS) is 15.7. The highest BCUT2D eigenvalue weighted by Gasteiger charge is 2.24. The topological polar surface area (TPSA) is 80.6 Å². The number of aromatic nitrogens is 4. The number of aromatic amines is 1. The lowest BCUT2D eigenvalue weighted by Crippen LogP contribution is -2.12. The maximum Gasteiger partial charge on any atom is 0.269 e. The number of rotatable bonds is 4. The van der Waals surface area contributed by atoms with Crippen LogP contribution >= 0.6 is 0 Å². The van der Waals surface area contributed by atoms with Crippen LogP contribution in [0.2, 0.25) is 0 Å². The molecule has 1 saturated carbocycles. The summed E-state index contributed by atoms with van der Waals surface area (Å²) in [7, 11) is -3.75. The van der Waals surface area contributed by atoms with E-state index in [2.05, 4.69) is 21.2 Å². The zero-order valence-corrected chi connectivity index (χ0v) is 16.8. The van der Waals surface area contributed by atoms with Crippen molar-refractivity contribution in [3.63, 3.8) is 0 Å². The molecule has 4 aromatic rings. The third-order valence-corrected chi connectivity index (χ3v) is 7.48. The fraction of sp³-hybridized carbons (Fsp3) is 0.273. The van der Waals surface area contributed by atoms with Gasteiger partial charge >= 0.3 is 0 Å². The minimum atomic E-state index is -3.75. The molecule has 0 aliphatic heterocycles. The molecular formula is C22H22N4O2S. The van der Waals surface area contributed by atoms with Crippen molar-refractivity contribution < 1.29 is 8.42 Å². The van der Waals surface area contributed by atoms with E-state index < -0.39 is 10.0 Å². The third-order valence-electron chi connectivity index (χ3n) is 5.82. The fourth-order valence-corrected chi connectivity index (χ4v) is 5.62. The Morgan fingerprint density at radius 2 is 1.83 bits per heavy atom. The van der Waals surface area contributed by atoms with Gasteiger partial charge in [0.15, 0.2) is 5.65 Å². The van der Waals surface area contributed by atoms with Crippen molar-refractivity contribution in [1.82, 2.24) is 19.2 Å². The average Bonchev–Trinajstić information content (AvgIpc) is 3.42. The second-order valence-corrected chi connectivity index (χ2v) is 9.43. The van der Waals surface area contributed by atoms with E-state index in [0.29, 0.717) is 11.6 Å².